The van der Waals surface area contributed by atoms with Crippen LogP contribution >= 0.6 is 0 Å². The Kier molecular flexibility index (Phi) is 5.89. The maximum Gasteiger partial charge on any atom is -0.00206 e. The van der Waals surface area contributed by atoms with E-state index in [1.807, 2.05) is 0 Å². The Bertz CT molecular complexity index is 2880. The van der Waals surface area contributed by atoms with E-state index in [9.17, 15) is 0 Å². The van der Waals surface area contributed by atoms with Crippen LogP contribution in [0.15, 0.2) is 164 Å². The van der Waals surface area contributed by atoms with Gasteiger partial charge in [-0.25, -0.2) is 0 Å². The van der Waals surface area contributed by atoms with Gasteiger partial charge in [-0.05, 0) is 135 Å². The lowest BCUT2D eigenvalue weighted by Gasteiger charge is -2.25. The highest BCUT2D eigenvalue weighted by Crippen LogP contribution is 2.44. The summed E-state index contributed by atoms with van der Waals surface area (Å²) in [5.41, 5.74) is 15.8. The summed E-state index contributed by atoms with van der Waals surface area (Å²) in [7, 11) is 0. The van der Waals surface area contributed by atoms with Crippen LogP contribution in [0.3, 0.4) is 0 Å². The summed E-state index contributed by atoms with van der Waals surface area (Å²) in [6.07, 6.45) is 9.06. The first kappa shape index (κ1) is 27.7. The molecule has 2 aliphatic rings. The van der Waals surface area contributed by atoms with Gasteiger partial charge in [0.25, 0.3) is 0 Å². The Balaban J connectivity index is 0.951. The van der Waals surface area contributed by atoms with Crippen LogP contribution in [0.5, 0.6) is 0 Å². The van der Waals surface area contributed by atoms with E-state index in [0.29, 0.717) is 0 Å². The van der Waals surface area contributed by atoms with E-state index in [1.54, 1.807) is 0 Å². The monoisotopic (exact) mass is 632 g/mol. The molecular weight excluding hydrogens is 601 g/mol. The second-order valence-corrected chi connectivity index (χ2v) is 14.0. The fraction of sp³-hybridized carbons (Fsp3) is 0.0400. The number of allylic oxidation sites excluding steroid dienone is 3. The smallest absolute Gasteiger partial charge is 0.00206 e. The van der Waals surface area contributed by atoms with Crippen molar-refractivity contribution in [3.63, 3.8) is 0 Å². The van der Waals surface area contributed by atoms with Crippen LogP contribution in [0.4, 0.5) is 0 Å². The summed E-state index contributed by atoms with van der Waals surface area (Å²) in [6.45, 7) is 0. The van der Waals surface area contributed by atoms with E-state index in [4.69, 9.17) is 0 Å². The Hall–Kier alpha value is -6.24. The van der Waals surface area contributed by atoms with Gasteiger partial charge < -0.3 is 0 Å². The first-order chi connectivity index (χ1) is 24.8. The van der Waals surface area contributed by atoms with Crippen LogP contribution < -0.4 is 0 Å². The molecule has 0 heterocycles. The highest BCUT2D eigenvalue weighted by molar-refractivity contribution is 6.25. The van der Waals surface area contributed by atoms with Gasteiger partial charge in [-0.2, -0.15) is 0 Å². The summed E-state index contributed by atoms with van der Waals surface area (Å²) in [5.74, 6) is 0. The van der Waals surface area contributed by atoms with Gasteiger partial charge in [-0.3, -0.25) is 0 Å². The average molecular weight is 633 g/mol. The van der Waals surface area contributed by atoms with Gasteiger partial charge >= 0.3 is 0 Å². The number of hydrogen-bond donors (Lipinski definition) is 0. The second-order valence-electron chi connectivity index (χ2n) is 14.0. The molecule has 0 fully saturated rings. The highest BCUT2D eigenvalue weighted by atomic mass is 14.3. The molecule has 0 aromatic heterocycles. The van der Waals surface area contributed by atoms with Crippen LogP contribution in [0.2, 0.25) is 0 Å². The van der Waals surface area contributed by atoms with Gasteiger partial charge in [0.05, 0.1) is 0 Å². The fourth-order valence-corrected chi connectivity index (χ4v) is 8.87. The maximum absolute atomic E-state index is 2.45. The maximum atomic E-state index is 2.45. The predicted octanol–water partition coefficient (Wildman–Crippen LogP) is 13.8. The van der Waals surface area contributed by atoms with Gasteiger partial charge in [-0.15, -0.1) is 0 Å². The molecule has 0 heteroatoms. The van der Waals surface area contributed by atoms with Gasteiger partial charge in [0.2, 0.25) is 0 Å². The van der Waals surface area contributed by atoms with Crippen LogP contribution in [0.25, 0.3) is 99.2 Å². The van der Waals surface area contributed by atoms with Crippen molar-refractivity contribution in [1.82, 2.24) is 0 Å². The quantitative estimate of drug-likeness (QED) is 0.169. The molecule has 0 N–H and O–H groups in total. The van der Waals surface area contributed by atoms with Gasteiger partial charge in [0.15, 0.2) is 0 Å². The van der Waals surface area contributed by atoms with E-state index in [2.05, 4.69) is 170 Å². The van der Waals surface area contributed by atoms with Crippen LogP contribution in [-0.4, -0.2) is 0 Å². The number of benzene rings is 9. The van der Waals surface area contributed by atoms with E-state index >= 15 is 0 Å². The lowest BCUT2D eigenvalue weighted by Crippen LogP contribution is -2.04. The molecule has 0 unspecified atom stereocenters. The minimum atomic E-state index is 0.983. The third-order valence-electron chi connectivity index (χ3n) is 11.3. The standard InChI is InChI=1S/C50H32/c1-5-33-17-19-37-21-25-43(45-27-23-35(7-1)47(33)49(37)45)32-15-13-31(14-16-32)39-9-3-10-40(29-39)41-11-4-12-42(30-41)44-26-22-38-20-18-34-6-2-8-36-24-28-46(44)50(38)48(34)36/h1-7,9-27,29-30H,8,28H2. The first-order valence-corrected chi connectivity index (χ1v) is 17.7. The molecular formula is C50H32. The lowest BCUT2D eigenvalue weighted by molar-refractivity contribution is 1.23. The average Bonchev–Trinajstić information content (AvgIpc) is 3.19. The molecule has 0 amide bonds. The summed E-state index contributed by atoms with van der Waals surface area (Å²) in [4.78, 5) is 0. The first-order valence-electron chi connectivity index (χ1n) is 17.7. The summed E-state index contributed by atoms with van der Waals surface area (Å²) in [6, 6.07) is 56.7. The molecule has 0 spiro atoms. The molecule has 9 aromatic rings. The van der Waals surface area contributed by atoms with Crippen LogP contribution in [0, 0.1) is 0 Å². The zero-order valence-corrected chi connectivity index (χ0v) is 27.6. The zero-order chi connectivity index (χ0) is 32.8. The van der Waals surface area contributed by atoms with Crippen molar-refractivity contribution in [3.8, 4) is 44.5 Å². The molecule has 0 atom stereocenters. The molecule has 0 nitrogen and oxygen atoms in total. The van der Waals surface area contributed by atoms with Crippen molar-refractivity contribution in [2.24, 2.45) is 0 Å². The molecule has 0 saturated carbocycles. The van der Waals surface area contributed by atoms with Crippen molar-refractivity contribution in [3.05, 3.63) is 181 Å². The summed E-state index contributed by atoms with van der Waals surface area (Å²) < 4.78 is 0. The van der Waals surface area contributed by atoms with Crippen molar-refractivity contribution >= 4 is 54.7 Å². The molecule has 0 aliphatic heterocycles. The number of hydrogen-bond acceptors (Lipinski definition) is 0. The molecule has 0 radical (unpaired) electrons. The predicted molar refractivity (Wildman–Crippen MR) is 215 cm³/mol. The molecule has 50 heavy (non-hydrogen) atoms. The normalized spacial score (nSPS) is 13.5. The Morgan fingerprint density at radius 3 is 1.76 bits per heavy atom. The van der Waals surface area contributed by atoms with Crippen LogP contribution in [-0.2, 0) is 6.42 Å². The fourth-order valence-electron chi connectivity index (χ4n) is 8.87. The Labute approximate surface area is 291 Å². The Morgan fingerprint density at radius 1 is 0.380 bits per heavy atom. The summed E-state index contributed by atoms with van der Waals surface area (Å²) >= 11 is 0. The van der Waals surface area contributed by atoms with Gasteiger partial charge in [0.1, 0.15) is 0 Å². The largest absolute Gasteiger partial charge is 0.0795 e. The highest BCUT2D eigenvalue weighted by Gasteiger charge is 2.22. The Morgan fingerprint density at radius 2 is 0.960 bits per heavy atom. The SMILES string of the molecule is C1=Cc2ccc3ccc(-c4cccc(-c5cccc(-c6ccc(-c7ccc8ccc9cccc%10ccc7c8c9%10)cc6)c5)c4)c4c3c2C(=CC4)C1. The molecule has 232 valence electrons. The third-order valence-corrected chi connectivity index (χ3v) is 11.3. The van der Waals surface area contributed by atoms with E-state index in [-0.39, 0.29) is 0 Å². The van der Waals surface area contributed by atoms with E-state index in [0.717, 1.165) is 12.8 Å². The second kappa shape index (κ2) is 10.6. The van der Waals surface area contributed by atoms with Crippen molar-refractivity contribution < 1.29 is 0 Å². The summed E-state index contributed by atoms with van der Waals surface area (Å²) in [5, 5.41) is 10.7. The molecule has 2 aliphatic carbocycles. The molecule has 0 saturated heterocycles. The minimum Gasteiger partial charge on any atom is -0.0795 e. The molecule has 11 rings (SSSR count). The van der Waals surface area contributed by atoms with Crippen molar-refractivity contribution in [2.45, 2.75) is 12.8 Å². The lowest BCUT2D eigenvalue weighted by atomic mass is 9.79. The molecule has 0 bridgehead atoms. The zero-order valence-electron chi connectivity index (χ0n) is 27.6. The number of rotatable bonds is 4. The van der Waals surface area contributed by atoms with E-state index in [1.165, 1.54) is 110 Å². The van der Waals surface area contributed by atoms with Crippen LogP contribution in [0.1, 0.15) is 23.1 Å². The topological polar surface area (TPSA) is 0 Å². The minimum absolute atomic E-state index is 0.983. The molecule has 9 aromatic carbocycles. The van der Waals surface area contributed by atoms with Gasteiger partial charge in [0, 0.05) is 0 Å². The van der Waals surface area contributed by atoms with Crippen molar-refractivity contribution in [1.29, 1.82) is 0 Å². The van der Waals surface area contributed by atoms with E-state index < -0.39 is 0 Å². The van der Waals surface area contributed by atoms with Gasteiger partial charge in [-0.1, -0.05) is 158 Å². The third kappa shape index (κ3) is 4.12. The van der Waals surface area contributed by atoms with Crippen molar-refractivity contribution in [2.75, 3.05) is 0 Å².